The summed E-state index contributed by atoms with van der Waals surface area (Å²) in [6.45, 7) is 9.39. The molecule has 15 heavy (non-hydrogen) atoms. The molecule has 0 aromatic heterocycles. The maximum absolute atomic E-state index is 3.70. The highest BCUT2D eigenvalue weighted by Gasteiger charge is 1.95. The maximum Gasteiger partial charge on any atom is 0.0555 e. The molecule has 0 saturated carbocycles. The van der Waals surface area contributed by atoms with Crippen LogP contribution in [0.25, 0.3) is 0 Å². The molecule has 1 nitrogen and oxygen atoms in total. The fourth-order valence-corrected chi connectivity index (χ4v) is 1.23. The second kappa shape index (κ2) is 9.52. The molecule has 0 radical (unpaired) electrons. The first-order chi connectivity index (χ1) is 7.29. The van der Waals surface area contributed by atoms with E-state index >= 15 is 0 Å². The Kier molecular flexibility index (Phi) is 8.87. The van der Waals surface area contributed by atoms with Gasteiger partial charge in [-0.1, -0.05) is 49.6 Å². The zero-order valence-corrected chi connectivity index (χ0v) is 11.1. The number of nitrogens with one attached hydrogen (secondary N) is 1. The van der Waals surface area contributed by atoms with Gasteiger partial charge in [0.15, 0.2) is 0 Å². The van der Waals surface area contributed by atoms with Crippen LogP contribution in [0.4, 0.5) is 0 Å². The van der Waals surface area contributed by atoms with E-state index in [1.54, 1.807) is 12.2 Å². The largest absolute Gasteiger partial charge is 0.335 e. The average molecular weight is 313 g/mol. The van der Waals surface area contributed by atoms with E-state index in [-0.39, 0.29) is 0 Å². The van der Waals surface area contributed by atoms with E-state index in [9.17, 15) is 0 Å². The van der Waals surface area contributed by atoms with Gasteiger partial charge in [0.1, 0.15) is 0 Å². The zero-order chi connectivity index (χ0) is 11.5. The van der Waals surface area contributed by atoms with Crippen LogP contribution in [0.1, 0.15) is 6.92 Å². The Labute approximate surface area is 106 Å². The van der Waals surface area contributed by atoms with Crippen molar-refractivity contribution in [2.45, 2.75) is 6.92 Å². The minimum atomic E-state index is 1.09. The predicted molar refractivity (Wildman–Crippen MR) is 77.7 cm³/mol. The Morgan fingerprint density at radius 3 is 2.00 bits per heavy atom. The molecular weight excluding hydrogens is 297 g/mol. The third kappa shape index (κ3) is 6.12. The summed E-state index contributed by atoms with van der Waals surface area (Å²) in [7, 11) is 0. The lowest BCUT2D eigenvalue weighted by atomic mass is 10.0. The second-order valence-corrected chi connectivity index (χ2v) is 3.28. The summed E-state index contributed by atoms with van der Waals surface area (Å²) in [4.78, 5) is 0. The molecule has 0 unspecified atom stereocenters. The third-order valence-electron chi connectivity index (χ3n) is 1.60. The fourth-order valence-electron chi connectivity index (χ4n) is 1.05. The van der Waals surface area contributed by atoms with E-state index in [2.05, 4.69) is 39.6 Å². The Morgan fingerprint density at radius 1 is 1.07 bits per heavy atom. The molecule has 2 heteroatoms. The van der Waals surface area contributed by atoms with Gasteiger partial charge in [0, 0.05) is 6.20 Å². The van der Waals surface area contributed by atoms with Crippen LogP contribution in [0.5, 0.6) is 0 Å². The van der Waals surface area contributed by atoms with Gasteiger partial charge in [-0.15, -0.1) is 0 Å². The highest BCUT2D eigenvalue weighted by atomic mass is 127. The lowest BCUT2D eigenvalue weighted by molar-refractivity contribution is 1.44. The van der Waals surface area contributed by atoms with Gasteiger partial charge in [-0.3, -0.25) is 0 Å². The topological polar surface area (TPSA) is 12.0 Å². The van der Waals surface area contributed by atoms with Gasteiger partial charge in [-0.2, -0.15) is 0 Å². The van der Waals surface area contributed by atoms with Crippen LogP contribution in [-0.2, 0) is 0 Å². The average Bonchev–Trinajstić information content (AvgIpc) is 2.24. The number of hydrogen-bond acceptors (Lipinski definition) is 1. The second-order valence-electron chi connectivity index (χ2n) is 2.66. The van der Waals surface area contributed by atoms with Crippen LogP contribution in [-0.4, -0.2) is 0 Å². The van der Waals surface area contributed by atoms with E-state index in [1.165, 1.54) is 0 Å². The molecule has 0 saturated heterocycles. The molecule has 0 aliphatic rings. The molecule has 0 bridgehead atoms. The Balaban J connectivity index is 5.10. The lowest BCUT2D eigenvalue weighted by Gasteiger charge is -2.01. The molecule has 0 rings (SSSR count). The molecular formula is C13H16IN. The number of hydrogen-bond donors (Lipinski definition) is 1. The number of allylic oxidation sites excluding steroid dienone is 9. The van der Waals surface area contributed by atoms with Crippen molar-refractivity contribution >= 4 is 22.9 Å². The summed E-state index contributed by atoms with van der Waals surface area (Å²) in [5.41, 5.74) is 2.20. The van der Waals surface area contributed by atoms with Gasteiger partial charge in [-0.25, -0.2) is 0 Å². The van der Waals surface area contributed by atoms with Gasteiger partial charge in [0.2, 0.25) is 0 Å². The molecule has 80 valence electrons. The molecule has 0 aromatic rings. The molecule has 0 fully saturated rings. The molecule has 0 aromatic carbocycles. The minimum Gasteiger partial charge on any atom is -0.335 e. The molecule has 0 spiro atoms. The Morgan fingerprint density at radius 2 is 1.60 bits per heavy atom. The molecule has 0 amide bonds. The summed E-state index contributed by atoms with van der Waals surface area (Å²) < 4.78 is 2.93. The van der Waals surface area contributed by atoms with Crippen LogP contribution >= 0.6 is 22.9 Å². The third-order valence-corrected chi connectivity index (χ3v) is 1.96. The van der Waals surface area contributed by atoms with Gasteiger partial charge in [-0.05, 0) is 24.1 Å². The Bertz CT molecular complexity index is 319. The molecule has 0 heterocycles. The van der Waals surface area contributed by atoms with Crippen LogP contribution < -0.4 is 3.53 Å². The zero-order valence-electron chi connectivity index (χ0n) is 8.91. The lowest BCUT2D eigenvalue weighted by Crippen LogP contribution is -1.86. The van der Waals surface area contributed by atoms with E-state index in [4.69, 9.17) is 0 Å². The number of rotatable bonds is 6. The standard InChI is InChI=1S/C13H16IN/c1-4-7-12(8-5-2)13(9-6-3)10-11-15-14/h4-11,15H,1,3H2,2H3/b8-5-,11-10-,12-7+,13-9+. The van der Waals surface area contributed by atoms with Crippen LogP contribution in [0.2, 0.25) is 0 Å². The summed E-state index contributed by atoms with van der Waals surface area (Å²) in [6, 6.07) is 0. The fraction of sp³-hybridized carbons (Fsp3) is 0.0769. The summed E-state index contributed by atoms with van der Waals surface area (Å²) in [5.74, 6) is 0. The van der Waals surface area contributed by atoms with E-state index in [1.807, 2.05) is 43.5 Å². The van der Waals surface area contributed by atoms with Gasteiger partial charge >= 0.3 is 0 Å². The van der Waals surface area contributed by atoms with Crippen molar-refractivity contribution in [2.24, 2.45) is 0 Å². The van der Waals surface area contributed by atoms with E-state index < -0.39 is 0 Å². The predicted octanol–water partition coefficient (Wildman–Crippen LogP) is 4.24. The van der Waals surface area contributed by atoms with Crippen LogP contribution in [0.15, 0.2) is 73.0 Å². The van der Waals surface area contributed by atoms with Crippen molar-refractivity contribution in [3.05, 3.63) is 73.0 Å². The monoisotopic (exact) mass is 313 g/mol. The van der Waals surface area contributed by atoms with Gasteiger partial charge in [0.25, 0.3) is 0 Å². The van der Waals surface area contributed by atoms with Crippen molar-refractivity contribution in [1.82, 2.24) is 3.53 Å². The van der Waals surface area contributed by atoms with Crippen molar-refractivity contribution in [2.75, 3.05) is 0 Å². The number of halogens is 1. The Hall–Kier alpha value is -1.03. The van der Waals surface area contributed by atoms with Gasteiger partial charge < -0.3 is 3.53 Å². The van der Waals surface area contributed by atoms with Gasteiger partial charge in [0.05, 0.1) is 22.9 Å². The van der Waals surface area contributed by atoms with E-state index in [0.29, 0.717) is 0 Å². The first kappa shape index (κ1) is 14.0. The smallest absolute Gasteiger partial charge is 0.0555 e. The molecule has 1 N–H and O–H groups in total. The maximum atomic E-state index is 3.70. The van der Waals surface area contributed by atoms with Crippen molar-refractivity contribution in [3.8, 4) is 0 Å². The van der Waals surface area contributed by atoms with Crippen molar-refractivity contribution in [1.29, 1.82) is 0 Å². The van der Waals surface area contributed by atoms with E-state index in [0.717, 1.165) is 11.1 Å². The minimum absolute atomic E-state index is 1.09. The highest BCUT2D eigenvalue weighted by Crippen LogP contribution is 2.13. The normalized spacial score (nSPS) is 13.5. The molecule has 0 aliphatic carbocycles. The first-order valence-electron chi connectivity index (χ1n) is 4.61. The summed E-state index contributed by atoms with van der Waals surface area (Å²) in [6.07, 6.45) is 15.4. The summed E-state index contributed by atoms with van der Waals surface area (Å²) >= 11 is 2.07. The van der Waals surface area contributed by atoms with Crippen LogP contribution in [0.3, 0.4) is 0 Å². The van der Waals surface area contributed by atoms with Crippen molar-refractivity contribution in [3.63, 3.8) is 0 Å². The molecule has 0 atom stereocenters. The molecule has 0 aliphatic heterocycles. The SMILES string of the molecule is C=C/C=C(\C=C/C)C(/C=C\NI)=C/C=C. The first-order valence-corrected chi connectivity index (χ1v) is 5.69. The van der Waals surface area contributed by atoms with Crippen LogP contribution in [0, 0.1) is 0 Å². The highest BCUT2D eigenvalue weighted by molar-refractivity contribution is 14.1. The van der Waals surface area contributed by atoms with Crippen molar-refractivity contribution < 1.29 is 0 Å². The summed E-state index contributed by atoms with van der Waals surface area (Å²) in [5, 5.41) is 0. The quantitative estimate of drug-likeness (QED) is 0.439.